The van der Waals surface area contributed by atoms with Gasteiger partial charge in [-0.05, 0) is 25.3 Å². The zero-order valence-corrected chi connectivity index (χ0v) is 13.2. The van der Waals surface area contributed by atoms with Gasteiger partial charge in [0, 0.05) is 16.2 Å². The van der Waals surface area contributed by atoms with Gasteiger partial charge in [0.15, 0.2) is 5.82 Å². The predicted molar refractivity (Wildman–Crippen MR) is 79.1 cm³/mol. The van der Waals surface area contributed by atoms with Crippen LogP contribution in [0.4, 0.5) is 0 Å². The van der Waals surface area contributed by atoms with Crippen molar-refractivity contribution in [2.75, 3.05) is 0 Å². The van der Waals surface area contributed by atoms with Gasteiger partial charge in [-0.1, -0.05) is 5.16 Å². The van der Waals surface area contributed by atoms with E-state index in [2.05, 4.69) is 15.1 Å². The van der Waals surface area contributed by atoms with Crippen LogP contribution >= 0.6 is 11.3 Å². The molecule has 0 amide bonds. The average Bonchev–Trinajstić information content (AvgIpc) is 3.12. The highest BCUT2D eigenvalue weighted by Crippen LogP contribution is 2.20. The lowest BCUT2D eigenvalue weighted by Gasteiger charge is -1.94. The van der Waals surface area contributed by atoms with E-state index in [1.54, 1.807) is 11.3 Å². The number of hydrogen-bond acceptors (Lipinski definition) is 7. The van der Waals surface area contributed by atoms with Gasteiger partial charge in [-0.25, -0.2) is 4.98 Å². The number of thiophene rings is 1. The van der Waals surface area contributed by atoms with E-state index < -0.39 is 10.8 Å². The molecule has 0 N–H and O–H groups in total. The number of nitrogens with zero attached hydrogens (tertiary/aromatic N) is 3. The molecule has 3 heterocycles. The zero-order valence-electron chi connectivity index (χ0n) is 11.5. The van der Waals surface area contributed by atoms with E-state index in [1.165, 1.54) is 0 Å². The normalized spacial score (nSPS) is 12.7. The molecule has 0 fully saturated rings. The Morgan fingerprint density at radius 2 is 2.14 bits per heavy atom. The van der Waals surface area contributed by atoms with Gasteiger partial charge < -0.3 is 8.94 Å². The third kappa shape index (κ3) is 3.27. The van der Waals surface area contributed by atoms with Gasteiger partial charge in [-0.3, -0.25) is 4.21 Å². The Hall–Kier alpha value is -1.80. The lowest BCUT2D eigenvalue weighted by molar-refractivity contribution is 0.425. The molecule has 8 heteroatoms. The molecule has 0 aliphatic rings. The van der Waals surface area contributed by atoms with Crippen molar-refractivity contribution in [2.24, 2.45) is 0 Å². The van der Waals surface area contributed by atoms with Crippen molar-refractivity contribution < 1.29 is 13.1 Å². The molecule has 3 aromatic rings. The van der Waals surface area contributed by atoms with E-state index in [-0.39, 0.29) is 11.5 Å². The summed E-state index contributed by atoms with van der Waals surface area (Å²) in [6.45, 7) is 3.69. The second-order valence-electron chi connectivity index (χ2n) is 4.51. The van der Waals surface area contributed by atoms with Crippen LogP contribution < -0.4 is 0 Å². The molecule has 1 atom stereocenters. The summed E-state index contributed by atoms with van der Waals surface area (Å²) >= 11 is 1.55. The maximum atomic E-state index is 12.1. The number of rotatable bonds is 5. The summed E-state index contributed by atoms with van der Waals surface area (Å²) in [6, 6.07) is 1.90. The second kappa shape index (κ2) is 5.90. The Balaban J connectivity index is 1.65. The Kier molecular flexibility index (Phi) is 3.98. The third-order valence-corrected chi connectivity index (χ3v) is 4.72. The molecule has 0 spiro atoms. The molecule has 3 aromatic heterocycles. The van der Waals surface area contributed by atoms with Crippen LogP contribution in [0.1, 0.15) is 23.2 Å². The topological polar surface area (TPSA) is 82.0 Å². The highest BCUT2D eigenvalue weighted by Gasteiger charge is 2.14. The van der Waals surface area contributed by atoms with Crippen LogP contribution in [0.2, 0.25) is 0 Å². The number of hydrogen-bond donors (Lipinski definition) is 0. The molecule has 0 bridgehead atoms. The van der Waals surface area contributed by atoms with Crippen molar-refractivity contribution in [1.82, 2.24) is 15.1 Å². The minimum atomic E-state index is -1.19. The molecule has 3 rings (SSSR count). The summed E-state index contributed by atoms with van der Waals surface area (Å²) < 4.78 is 22.7. The highest BCUT2D eigenvalue weighted by molar-refractivity contribution is 7.83. The molecule has 6 nitrogen and oxygen atoms in total. The molecule has 0 unspecified atom stereocenters. The minimum Gasteiger partial charge on any atom is -0.445 e. The Bertz CT molecular complexity index is 742. The van der Waals surface area contributed by atoms with Gasteiger partial charge in [0.1, 0.15) is 11.5 Å². The van der Waals surface area contributed by atoms with Crippen molar-refractivity contribution in [3.05, 3.63) is 40.0 Å². The Morgan fingerprint density at radius 3 is 2.81 bits per heavy atom. The molecule has 0 saturated heterocycles. The van der Waals surface area contributed by atoms with E-state index in [0.29, 0.717) is 17.6 Å². The van der Waals surface area contributed by atoms with Crippen LogP contribution in [0.5, 0.6) is 0 Å². The first-order chi connectivity index (χ1) is 10.1. The summed E-state index contributed by atoms with van der Waals surface area (Å²) in [4.78, 5) is 8.46. The van der Waals surface area contributed by atoms with E-state index in [1.807, 2.05) is 30.7 Å². The summed E-state index contributed by atoms with van der Waals surface area (Å²) in [7, 11) is -1.19. The van der Waals surface area contributed by atoms with Crippen LogP contribution in [0, 0.1) is 13.8 Å². The Morgan fingerprint density at radius 1 is 1.29 bits per heavy atom. The monoisotopic (exact) mass is 323 g/mol. The van der Waals surface area contributed by atoms with Crippen LogP contribution in [-0.2, 0) is 22.3 Å². The third-order valence-electron chi connectivity index (χ3n) is 2.88. The minimum absolute atomic E-state index is 0.216. The first-order valence-electron chi connectivity index (χ1n) is 6.25. The van der Waals surface area contributed by atoms with E-state index in [0.717, 1.165) is 17.0 Å². The summed E-state index contributed by atoms with van der Waals surface area (Å²) in [5, 5.41) is 7.71. The fraction of sp³-hybridized carbons (Fsp3) is 0.308. The van der Waals surface area contributed by atoms with Crippen molar-refractivity contribution >= 4 is 22.1 Å². The van der Waals surface area contributed by atoms with Crippen molar-refractivity contribution in [2.45, 2.75) is 25.4 Å². The quantitative estimate of drug-likeness (QED) is 0.718. The van der Waals surface area contributed by atoms with Crippen molar-refractivity contribution in [3.63, 3.8) is 0 Å². The standard InChI is InChI=1S/C13H13N3O3S2/c1-8-9(2)18-12(14-8)7-21(17)6-11-15-13(19-16-11)10-3-4-20-5-10/h3-5H,6-7H2,1-2H3/t21-/m1/s1. The first-order valence-corrected chi connectivity index (χ1v) is 8.68. The first kappa shape index (κ1) is 14.2. The van der Waals surface area contributed by atoms with Crippen LogP contribution in [-0.4, -0.2) is 19.3 Å². The smallest absolute Gasteiger partial charge is 0.258 e. The van der Waals surface area contributed by atoms with Crippen LogP contribution in [0.25, 0.3) is 11.5 Å². The number of aromatic nitrogens is 3. The van der Waals surface area contributed by atoms with Gasteiger partial charge >= 0.3 is 0 Å². The highest BCUT2D eigenvalue weighted by atomic mass is 32.2. The van der Waals surface area contributed by atoms with E-state index in [9.17, 15) is 4.21 Å². The summed E-state index contributed by atoms with van der Waals surface area (Å²) in [6.07, 6.45) is 0. The SMILES string of the molecule is Cc1nc(C[S@](=O)Cc2noc(-c3ccsc3)n2)oc1C. The zero-order chi connectivity index (χ0) is 14.8. The number of aryl methyl sites for hydroxylation is 2. The lowest BCUT2D eigenvalue weighted by Crippen LogP contribution is -2.01. The largest absolute Gasteiger partial charge is 0.445 e. The predicted octanol–water partition coefficient (Wildman–Crippen LogP) is 2.85. The van der Waals surface area contributed by atoms with Gasteiger partial charge in [0.05, 0.1) is 17.0 Å². The molecule has 0 aliphatic carbocycles. The lowest BCUT2D eigenvalue weighted by atomic mass is 10.3. The maximum Gasteiger partial charge on any atom is 0.258 e. The van der Waals surface area contributed by atoms with Gasteiger partial charge in [-0.2, -0.15) is 16.3 Å². The molecule has 0 aromatic carbocycles. The Labute approximate surface area is 127 Å². The van der Waals surface area contributed by atoms with Gasteiger partial charge in [0.25, 0.3) is 5.89 Å². The molecule has 0 radical (unpaired) electrons. The fourth-order valence-electron chi connectivity index (χ4n) is 1.75. The number of oxazole rings is 1. The fourth-order valence-corrected chi connectivity index (χ4v) is 3.29. The molecule has 110 valence electrons. The van der Waals surface area contributed by atoms with Gasteiger partial charge in [0.2, 0.25) is 5.89 Å². The van der Waals surface area contributed by atoms with Crippen molar-refractivity contribution in [1.29, 1.82) is 0 Å². The van der Waals surface area contributed by atoms with E-state index >= 15 is 0 Å². The van der Waals surface area contributed by atoms with Crippen molar-refractivity contribution in [3.8, 4) is 11.5 Å². The molecule has 0 aliphatic heterocycles. The van der Waals surface area contributed by atoms with E-state index in [4.69, 9.17) is 8.94 Å². The second-order valence-corrected chi connectivity index (χ2v) is 6.74. The average molecular weight is 323 g/mol. The van der Waals surface area contributed by atoms with Crippen LogP contribution in [0.15, 0.2) is 25.8 Å². The summed E-state index contributed by atoms with van der Waals surface area (Å²) in [5.74, 6) is 2.57. The van der Waals surface area contributed by atoms with Gasteiger partial charge in [-0.15, -0.1) is 0 Å². The summed E-state index contributed by atoms with van der Waals surface area (Å²) in [5.41, 5.74) is 1.70. The molecular weight excluding hydrogens is 310 g/mol. The molecular formula is C13H13N3O3S2. The molecule has 0 saturated carbocycles. The maximum absolute atomic E-state index is 12.1. The molecule has 21 heavy (non-hydrogen) atoms. The van der Waals surface area contributed by atoms with Crippen LogP contribution in [0.3, 0.4) is 0 Å².